The minimum absolute atomic E-state index is 0.0393. The molecular weight excluding hydrogens is 468 g/mol. The molecule has 1 fully saturated rings. The Morgan fingerprint density at radius 1 is 1.06 bits per heavy atom. The standard InChI is InChI=1S/C25H30N4O5S/c1-3-19(2)23(27-25(31)34-18-20-9-5-4-6-10-20)24(30)28-13-15-29(16-14-28)35(32,33)22-12-8-7-11-21(22)17-26/h4-12,19,23H,3,13-16,18H2,1-2H3,(H,27,31)/t19-,23-/m0/s1. The Morgan fingerprint density at radius 2 is 1.69 bits per heavy atom. The highest BCUT2D eigenvalue weighted by molar-refractivity contribution is 7.89. The summed E-state index contributed by atoms with van der Waals surface area (Å²) in [5.74, 6) is -0.415. The van der Waals surface area contributed by atoms with Crippen LogP contribution in [-0.2, 0) is 26.2 Å². The quantitative estimate of drug-likeness (QED) is 0.598. The van der Waals surface area contributed by atoms with Crippen molar-refractivity contribution in [3.05, 3.63) is 65.7 Å². The monoisotopic (exact) mass is 498 g/mol. The van der Waals surface area contributed by atoms with Crippen LogP contribution in [0.5, 0.6) is 0 Å². The Kier molecular flexibility index (Phi) is 8.84. The summed E-state index contributed by atoms with van der Waals surface area (Å²) in [6, 6.07) is 16.4. The van der Waals surface area contributed by atoms with Gasteiger partial charge in [0.2, 0.25) is 15.9 Å². The fraction of sp³-hybridized carbons (Fsp3) is 0.400. The second-order valence-corrected chi connectivity index (χ2v) is 10.3. The van der Waals surface area contributed by atoms with Crippen LogP contribution >= 0.6 is 0 Å². The minimum atomic E-state index is -3.86. The molecule has 0 saturated carbocycles. The largest absolute Gasteiger partial charge is 0.445 e. The predicted octanol–water partition coefficient (Wildman–Crippen LogP) is 2.73. The van der Waals surface area contributed by atoms with E-state index in [0.717, 1.165) is 5.56 Å². The first kappa shape index (κ1) is 26.2. The van der Waals surface area contributed by atoms with E-state index in [1.165, 1.54) is 16.4 Å². The Balaban J connectivity index is 1.63. The van der Waals surface area contributed by atoms with Gasteiger partial charge in [-0.3, -0.25) is 4.79 Å². The molecule has 10 heteroatoms. The molecule has 1 aliphatic rings. The maximum Gasteiger partial charge on any atom is 0.408 e. The third kappa shape index (κ3) is 6.38. The number of rotatable bonds is 8. The Hall–Kier alpha value is -3.42. The first-order valence-electron chi connectivity index (χ1n) is 11.5. The van der Waals surface area contributed by atoms with Crippen LogP contribution in [0.25, 0.3) is 0 Å². The van der Waals surface area contributed by atoms with E-state index in [9.17, 15) is 23.3 Å². The van der Waals surface area contributed by atoms with E-state index in [1.54, 1.807) is 17.0 Å². The number of hydrogen-bond acceptors (Lipinski definition) is 6. The van der Waals surface area contributed by atoms with E-state index in [1.807, 2.05) is 50.2 Å². The van der Waals surface area contributed by atoms with Crippen LogP contribution in [0, 0.1) is 17.2 Å². The van der Waals surface area contributed by atoms with Gasteiger partial charge in [0.15, 0.2) is 0 Å². The van der Waals surface area contributed by atoms with Crippen LogP contribution in [0.3, 0.4) is 0 Å². The summed E-state index contributed by atoms with van der Waals surface area (Å²) >= 11 is 0. The summed E-state index contributed by atoms with van der Waals surface area (Å²) in [4.78, 5) is 27.2. The molecule has 2 amide bonds. The number of nitrogens with one attached hydrogen (secondary N) is 1. The molecule has 0 radical (unpaired) electrons. The predicted molar refractivity (Wildman–Crippen MR) is 130 cm³/mol. The number of carbonyl (C=O) groups excluding carboxylic acids is 2. The number of nitrogens with zero attached hydrogens (tertiary/aromatic N) is 3. The molecule has 3 rings (SSSR count). The van der Waals surface area contributed by atoms with E-state index in [4.69, 9.17) is 4.74 Å². The number of benzene rings is 2. The zero-order chi connectivity index (χ0) is 25.4. The van der Waals surface area contributed by atoms with Crippen molar-refractivity contribution in [1.29, 1.82) is 5.26 Å². The molecule has 186 valence electrons. The van der Waals surface area contributed by atoms with Crippen LogP contribution in [0.4, 0.5) is 4.79 Å². The van der Waals surface area contributed by atoms with Gasteiger partial charge in [0.05, 0.1) is 10.5 Å². The fourth-order valence-corrected chi connectivity index (χ4v) is 5.41. The van der Waals surface area contributed by atoms with Gasteiger partial charge in [-0.25, -0.2) is 13.2 Å². The van der Waals surface area contributed by atoms with Gasteiger partial charge in [0.1, 0.15) is 18.7 Å². The molecule has 0 bridgehead atoms. The molecule has 0 aliphatic carbocycles. The van der Waals surface area contributed by atoms with Crippen molar-refractivity contribution in [2.75, 3.05) is 26.2 Å². The number of amides is 2. The van der Waals surface area contributed by atoms with Gasteiger partial charge >= 0.3 is 6.09 Å². The lowest BCUT2D eigenvalue weighted by atomic mass is 9.97. The van der Waals surface area contributed by atoms with E-state index in [0.29, 0.717) is 6.42 Å². The van der Waals surface area contributed by atoms with Crippen LogP contribution < -0.4 is 5.32 Å². The van der Waals surface area contributed by atoms with Gasteiger partial charge in [0.25, 0.3) is 0 Å². The highest BCUT2D eigenvalue weighted by atomic mass is 32.2. The van der Waals surface area contributed by atoms with Gasteiger partial charge in [-0.2, -0.15) is 9.57 Å². The molecule has 2 aromatic rings. The number of nitriles is 1. The second kappa shape index (κ2) is 11.8. The second-order valence-electron chi connectivity index (χ2n) is 8.41. The SMILES string of the molecule is CC[C@H](C)[C@H](NC(=O)OCc1ccccc1)C(=O)N1CCN(S(=O)(=O)c2ccccc2C#N)CC1. The number of piperazine rings is 1. The molecule has 1 aliphatic heterocycles. The van der Waals surface area contributed by atoms with Crippen molar-refractivity contribution in [3.63, 3.8) is 0 Å². The number of alkyl carbamates (subject to hydrolysis) is 1. The summed E-state index contributed by atoms with van der Waals surface area (Å²) in [6.45, 7) is 4.45. The maximum absolute atomic E-state index is 13.3. The minimum Gasteiger partial charge on any atom is -0.445 e. The highest BCUT2D eigenvalue weighted by Crippen LogP contribution is 2.22. The van der Waals surface area contributed by atoms with E-state index in [2.05, 4.69) is 5.32 Å². The molecule has 1 saturated heterocycles. The Labute approximate surface area is 206 Å². The summed E-state index contributed by atoms with van der Waals surface area (Å²) in [7, 11) is -3.86. The summed E-state index contributed by atoms with van der Waals surface area (Å²) in [5.41, 5.74) is 0.922. The average Bonchev–Trinajstić information content (AvgIpc) is 2.90. The number of ether oxygens (including phenoxy) is 1. The normalized spacial score (nSPS) is 16.1. The summed E-state index contributed by atoms with van der Waals surface area (Å²) in [6.07, 6.45) is -0.0175. The van der Waals surface area contributed by atoms with Crippen molar-refractivity contribution < 1.29 is 22.7 Å². The molecule has 1 heterocycles. The maximum atomic E-state index is 13.3. The smallest absolute Gasteiger partial charge is 0.408 e. The van der Waals surface area contributed by atoms with Crippen LogP contribution in [0.1, 0.15) is 31.4 Å². The summed E-state index contributed by atoms with van der Waals surface area (Å²) < 4.78 is 32.7. The lowest BCUT2D eigenvalue weighted by Crippen LogP contribution is -2.57. The van der Waals surface area contributed by atoms with Gasteiger partial charge in [-0.1, -0.05) is 62.7 Å². The summed E-state index contributed by atoms with van der Waals surface area (Å²) in [5, 5.41) is 12.0. The number of hydrogen-bond donors (Lipinski definition) is 1. The molecule has 1 N–H and O–H groups in total. The third-order valence-electron chi connectivity index (χ3n) is 6.14. The van der Waals surface area contributed by atoms with Gasteiger partial charge in [0, 0.05) is 26.2 Å². The lowest BCUT2D eigenvalue weighted by molar-refractivity contribution is -0.135. The first-order valence-corrected chi connectivity index (χ1v) is 13.0. The van der Waals surface area contributed by atoms with E-state index in [-0.39, 0.29) is 55.1 Å². The van der Waals surface area contributed by atoms with Gasteiger partial charge in [-0.05, 0) is 23.6 Å². The molecule has 2 aromatic carbocycles. The zero-order valence-corrected chi connectivity index (χ0v) is 20.7. The van der Waals surface area contributed by atoms with E-state index < -0.39 is 22.2 Å². The van der Waals surface area contributed by atoms with Crippen molar-refractivity contribution in [2.45, 2.75) is 37.8 Å². The van der Waals surface area contributed by atoms with Crippen LogP contribution in [0.2, 0.25) is 0 Å². The molecule has 0 unspecified atom stereocenters. The molecule has 0 aromatic heterocycles. The van der Waals surface area contributed by atoms with Gasteiger partial charge < -0.3 is 15.0 Å². The zero-order valence-electron chi connectivity index (χ0n) is 19.9. The average molecular weight is 499 g/mol. The third-order valence-corrected chi connectivity index (χ3v) is 8.10. The van der Waals surface area contributed by atoms with Gasteiger partial charge in [-0.15, -0.1) is 0 Å². The molecular formula is C25H30N4O5S. The number of sulfonamides is 1. The molecule has 9 nitrogen and oxygen atoms in total. The van der Waals surface area contributed by atoms with Crippen molar-refractivity contribution in [3.8, 4) is 6.07 Å². The molecule has 35 heavy (non-hydrogen) atoms. The Morgan fingerprint density at radius 3 is 2.31 bits per heavy atom. The fourth-order valence-electron chi connectivity index (χ4n) is 3.84. The van der Waals surface area contributed by atoms with E-state index >= 15 is 0 Å². The van der Waals surface area contributed by atoms with Crippen molar-refractivity contribution in [1.82, 2.24) is 14.5 Å². The molecule has 0 spiro atoms. The van der Waals surface area contributed by atoms with Crippen molar-refractivity contribution >= 4 is 22.0 Å². The first-order chi connectivity index (χ1) is 16.8. The molecule has 2 atom stereocenters. The van der Waals surface area contributed by atoms with Crippen LogP contribution in [0.15, 0.2) is 59.5 Å². The lowest BCUT2D eigenvalue weighted by Gasteiger charge is -2.37. The number of carbonyl (C=O) groups is 2. The van der Waals surface area contributed by atoms with Crippen molar-refractivity contribution in [2.24, 2.45) is 5.92 Å². The van der Waals surface area contributed by atoms with Crippen LogP contribution in [-0.4, -0.2) is 61.8 Å². The highest BCUT2D eigenvalue weighted by Gasteiger charge is 2.35. The topological polar surface area (TPSA) is 120 Å². The Bertz CT molecular complexity index is 1170.